The molecule has 8 nitrogen and oxygen atoms in total. The Morgan fingerprint density at radius 3 is 2.75 bits per heavy atom. The number of aromatic nitrogens is 1. The molecule has 2 rings (SSSR count). The minimum Gasteiger partial charge on any atom is -0.472 e. The number of aliphatic hydroxyl groups is 1. The molecule has 0 saturated carbocycles. The van der Waals surface area contributed by atoms with Crippen molar-refractivity contribution in [3.05, 3.63) is 46.1 Å². The molecule has 0 saturated heterocycles. The van der Waals surface area contributed by atoms with Crippen molar-refractivity contribution in [1.82, 2.24) is 4.98 Å². The van der Waals surface area contributed by atoms with E-state index >= 15 is 0 Å². The average Bonchev–Trinajstić information content (AvgIpc) is 2.52. The summed E-state index contributed by atoms with van der Waals surface area (Å²) in [5.41, 5.74) is 6.94. The van der Waals surface area contributed by atoms with Crippen molar-refractivity contribution in [2.75, 3.05) is 0 Å². The van der Waals surface area contributed by atoms with Gasteiger partial charge in [-0.25, -0.2) is 0 Å². The van der Waals surface area contributed by atoms with Crippen LogP contribution >= 0.6 is 0 Å². The van der Waals surface area contributed by atoms with Crippen LogP contribution in [0.25, 0.3) is 10.9 Å². The second kappa shape index (κ2) is 7.89. The number of pyridine rings is 1. The zero-order valence-corrected chi connectivity index (χ0v) is 13.6. The highest BCUT2D eigenvalue weighted by atomic mass is 16.9. The lowest BCUT2D eigenvalue weighted by Gasteiger charge is -2.22. The molecule has 2 aromatic rings. The number of hydrogen-bond acceptors (Lipinski definition) is 7. The Labute approximate surface area is 139 Å². The molecule has 8 heteroatoms. The minimum atomic E-state index is -0.861. The lowest BCUT2D eigenvalue weighted by atomic mass is 10.1. The van der Waals surface area contributed by atoms with Crippen LogP contribution in [0.4, 0.5) is 0 Å². The molecule has 24 heavy (non-hydrogen) atoms. The lowest BCUT2D eigenvalue weighted by Crippen LogP contribution is -2.40. The van der Waals surface area contributed by atoms with Crippen molar-refractivity contribution in [3.8, 4) is 5.75 Å². The molecule has 3 N–H and O–H groups in total. The Morgan fingerprint density at radius 1 is 1.33 bits per heavy atom. The Bertz CT molecular complexity index is 707. The molecule has 0 aliphatic carbocycles. The molecule has 0 fully saturated rings. The number of aliphatic hydroxyl groups excluding tert-OH is 1. The van der Waals surface area contributed by atoms with E-state index in [1.807, 2.05) is 13.8 Å². The van der Waals surface area contributed by atoms with Crippen molar-refractivity contribution in [2.24, 2.45) is 11.7 Å². The molecule has 1 aromatic carbocycles. The maximum atomic E-state index is 10.2. The largest absolute Gasteiger partial charge is 0.472 e. The first kappa shape index (κ1) is 17.9. The molecule has 0 radical (unpaired) electrons. The second-order valence-corrected chi connectivity index (χ2v) is 5.90. The van der Waals surface area contributed by atoms with Crippen molar-refractivity contribution in [1.29, 1.82) is 0 Å². The van der Waals surface area contributed by atoms with Crippen LogP contribution in [0.1, 0.15) is 26.0 Å². The van der Waals surface area contributed by atoms with Gasteiger partial charge in [0.1, 0.15) is 18.5 Å². The van der Waals surface area contributed by atoms with E-state index in [-0.39, 0.29) is 6.61 Å². The fourth-order valence-electron chi connectivity index (χ4n) is 2.31. The molecule has 2 unspecified atom stereocenters. The van der Waals surface area contributed by atoms with E-state index in [0.29, 0.717) is 34.7 Å². The minimum absolute atomic E-state index is 0.222. The third-order valence-corrected chi connectivity index (χ3v) is 3.42. The van der Waals surface area contributed by atoms with Gasteiger partial charge in [0.05, 0.1) is 11.2 Å². The van der Waals surface area contributed by atoms with Crippen molar-refractivity contribution < 1.29 is 19.8 Å². The summed E-state index contributed by atoms with van der Waals surface area (Å²) in [6, 6.07) is 8.59. The highest BCUT2D eigenvalue weighted by Crippen LogP contribution is 2.26. The average molecular weight is 335 g/mol. The monoisotopic (exact) mass is 335 g/mol. The highest BCUT2D eigenvalue weighted by Gasteiger charge is 2.19. The lowest BCUT2D eigenvalue weighted by molar-refractivity contribution is -0.763. The molecule has 1 aromatic heterocycles. The van der Waals surface area contributed by atoms with E-state index in [1.165, 1.54) is 0 Å². The summed E-state index contributed by atoms with van der Waals surface area (Å²) in [5, 5.41) is 20.1. The summed E-state index contributed by atoms with van der Waals surface area (Å²) in [7, 11) is 0. The van der Waals surface area contributed by atoms with Crippen LogP contribution < -0.4 is 10.5 Å². The quantitative estimate of drug-likeness (QED) is 0.430. The molecule has 2 atom stereocenters. The first-order valence-corrected chi connectivity index (χ1v) is 7.63. The van der Waals surface area contributed by atoms with Gasteiger partial charge in [-0.05, 0) is 36.6 Å². The van der Waals surface area contributed by atoms with Gasteiger partial charge in [0.15, 0.2) is 6.23 Å². The number of hydrogen-bond donors (Lipinski definition) is 2. The SMILES string of the molecule is CC(C)CC(O)C(N)Oc1cccc2nc(CO[N+](=O)[O-])ccc12. The van der Waals surface area contributed by atoms with Gasteiger partial charge in [-0.3, -0.25) is 10.7 Å². The fourth-order valence-corrected chi connectivity index (χ4v) is 2.31. The summed E-state index contributed by atoms with van der Waals surface area (Å²) in [5.74, 6) is 0.796. The molecule has 0 aliphatic heterocycles. The van der Waals surface area contributed by atoms with Crippen LogP contribution in [0.3, 0.4) is 0 Å². The molecular formula is C16H21N3O5. The fraction of sp³-hybridized carbons (Fsp3) is 0.438. The summed E-state index contributed by atoms with van der Waals surface area (Å²) < 4.78 is 5.68. The normalized spacial score (nSPS) is 13.7. The Morgan fingerprint density at radius 2 is 2.08 bits per heavy atom. The molecule has 0 amide bonds. The third kappa shape index (κ3) is 4.77. The zero-order chi connectivity index (χ0) is 17.7. The third-order valence-electron chi connectivity index (χ3n) is 3.42. The molecule has 130 valence electrons. The predicted octanol–water partition coefficient (Wildman–Crippen LogP) is 2.01. The zero-order valence-electron chi connectivity index (χ0n) is 13.6. The van der Waals surface area contributed by atoms with E-state index in [9.17, 15) is 15.2 Å². The summed E-state index contributed by atoms with van der Waals surface area (Å²) in [4.78, 5) is 18.9. The molecule has 0 bridgehead atoms. The number of nitrogens with zero attached hydrogens (tertiary/aromatic N) is 2. The number of fused-ring (bicyclic) bond motifs is 1. The topological polar surface area (TPSA) is 121 Å². The smallest absolute Gasteiger partial charge is 0.294 e. The molecule has 0 spiro atoms. The van der Waals surface area contributed by atoms with Crippen LogP contribution in [0, 0.1) is 16.0 Å². The van der Waals surface area contributed by atoms with Gasteiger partial charge in [0, 0.05) is 5.39 Å². The van der Waals surface area contributed by atoms with Gasteiger partial charge in [-0.1, -0.05) is 19.9 Å². The van der Waals surface area contributed by atoms with Gasteiger partial charge >= 0.3 is 0 Å². The van der Waals surface area contributed by atoms with Gasteiger partial charge < -0.3 is 14.7 Å². The number of rotatable bonds is 8. The van der Waals surface area contributed by atoms with Crippen LogP contribution in [0.15, 0.2) is 30.3 Å². The molecule has 1 heterocycles. The van der Waals surface area contributed by atoms with Crippen molar-refractivity contribution in [3.63, 3.8) is 0 Å². The number of nitrogens with two attached hydrogens (primary N) is 1. The predicted molar refractivity (Wildman–Crippen MR) is 87.6 cm³/mol. The van der Waals surface area contributed by atoms with E-state index in [0.717, 1.165) is 0 Å². The number of benzene rings is 1. The van der Waals surface area contributed by atoms with Gasteiger partial charge in [0.2, 0.25) is 0 Å². The highest BCUT2D eigenvalue weighted by molar-refractivity contribution is 5.85. The van der Waals surface area contributed by atoms with Crippen molar-refractivity contribution >= 4 is 10.9 Å². The van der Waals surface area contributed by atoms with Crippen LogP contribution in [-0.2, 0) is 11.4 Å². The first-order valence-electron chi connectivity index (χ1n) is 7.63. The summed E-state index contributed by atoms with van der Waals surface area (Å²) in [6.07, 6.45) is -1.09. The summed E-state index contributed by atoms with van der Waals surface area (Å²) in [6.45, 7) is 3.76. The second-order valence-electron chi connectivity index (χ2n) is 5.90. The van der Waals surface area contributed by atoms with E-state index in [1.54, 1.807) is 30.3 Å². The maximum Gasteiger partial charge on any atom is 0.294 e. The Balaban J connectivity index is 2.17. The standard InChI is InChI=1S/C16H21N3O5/c1-10(2)8-14(20)16(17)24-15-5-3-4-13-12(15)7-6-11(18-13)9-23-19(21)22/h3-7,10,14,16,20H,8-9,17H2,1-2H3. The van der Waals surface area contributed by atoms with E-state index in [4.69, 9.17) is 10.5 Å². The molecule has 0 aliphatic rings. The first-order chi connectivity index (χ1) is 11.4. The Kier molecular flexibility index (Phi) is 5.88. The van der Waals surface area contributed by atoms with Crippen LogP contribution in [-0.4, -0.2) is 27.5 Å². The van der Waals surface area contributed by atoms with Gasteiger partial charge in [0.25, 0.3) is 5.09 Å². The van der Waals surface area contributed by atoms with Crippen molar-refractivity contribution in [2.45, 2.75) is 39.2 Å². The summed E-state index contributed by atoms with van der Waals surface area (Å²) >= 11 is 0. The van der Waals surface area contributed by atoms with E-state index < -0.39 is 17.4 Å². The van der Waals surface area contributed by atoms with Crippen LogP contribution in [0.2, 0.25) is 0 Å². The molecular weight excluding hydrogens is 314 g/mol. The Hall–Kier alpha value is -2.45. The maximum absolute atomic E-state index is 10.2. The van der Waals surface area contributed by atoms with Gasteiger partial charge in [-0.15, -0.1) is 10.1 Å². The van der Waals surface area contributed by atoms with E-state index in [2.05, 4.69) is 9.82 Å². The van der Waals surface area contributed by atoms with Gasteiger partial charge in [-0.2, -0.15) is 0 Å². The number of ether oxygens (including phenoxy) is 1. The van der Waals surface area contributed by atoms with Crippen LogP contribution in [0.5, 0.6) is 5.75 Å².